The largest absolute Gasteiger partial charge is 0.481 e. The van der Waals surface area contributed by atoms with E-state index in [1.807, 2.05) is 18.2 Å². The minimum atomic E-state index is -1.08. The molecule has 1 aromatic carbocycles. The number of carboxylic acid groups (broad SMARTS) is 3. The summed E-state index contributed by atoms with van der Waals surface area (Å²) in [6.07, 6.45) is -0.806. The normalized spacial score (nSPS) is 19.9. The Bertz CT molecular complexity index is 624. The van der Waals surface area contributed by atoms with Crippen molar-refractivity contribution in [3.8, 4) is 0 Å². The Kier molecular flexibility index (Phi) is 9.97. The van der Waals surface area contributed by atoms with E-state index in [9.17, 15) is 14.4 Å². The summed E-state index contributed by atoms with van der Waals surface area (Å²) in [5.74, 6) is -2.15. The molecule has 4 N–H and O–H groups in total. The second-order valence-electron chi connectivity index (χ2n) is 6.48. The summed E-state index contributed by atoms with van der Waals surface area (Å²) in [7, 11) is 1.64. The molecule has 1 heterocycles. The molecule has 0 aliphatic carbocycles. The number of ether oxygens (including phenoxy) is 1. The topological polar surface area (TPSA) is 136 Å². The van der Waals surface area contributed by atoms with Crippen molar-refractivity contribution >= 4 is 18.0 Å². The first-order valence-corrected chi connectivity index (χ1v) is 8.99. The maximum Gasteiger partial charge on any atom is 0.407 e. The number of benzene rings is 1. The summed E-state index contributed by atoms with van der Waals surface area (Å²) >= 11 is 0. The standard InChI is InChI=1S/C15H22N2O3.C4H6O4/c1-11(12-6-4-3-5-7-12)16-13-8-9-17(15(18)19)10-14(13)20-2;5-3(6)1-2-4(7)8/h3-7,11,13-14,16H,8-10H2,1-2H3,(H,18,19);1-2H2,(H,5,6)(H,7,8)/t11?,13-,14+;/m1./s1. The van der Waals surface area contributed by atoms with E-state index in [2.05, 4.69) is 24.4 Å². The second-order valence-corrected chi connectivity index (χ2v) is 6.48. The van der Waals surface area contributed by atoms with Gasteiger partial charge >= 0.3 is 18.0 Å². The van der Waals surface area contributed by atoms with E-state index in [1.54, 1.807) is 7.11 Å². The molecule has 156 valence electrons. The predicted octanol–water partition coefficient (Wildman–Crippen LogP) is 2.04. The van der Waals surface area contributed by atoms with Gasteiger partial charge in [-0.25, -0.2) is 4.79 Å². The number of nitrogens with one attached hydrogen (secondary N) is 1. The Hall–Kier alpha value is -2.65. The first kappa shape index (κ1) is 23.4. The van der Waals surface area contributed by atoms with E-state index >= 15 is 0 Å². The second kappa shape index (κ2) is 11.9. The molecule has 1 unspecified atom stereocenters. The lowest BCUT2D eigenvalue weighted by Gasteiger charge is -2.38. The molecular formula is C19H28N2O7. The van der Waals surface area contributed by atoms with Gasteiger partial charge in [-0.15, -0.1) is 0 Å². The molecule has 1 aliphatic rings. The van der Waals surface area contributed by atoms with Gasteiger partial charge in [-0.1, -0.05) is 30.3 Å². The van der Waals surface area contributed by atoms with E-state index in [4.69, 9.17) is 20.1 Å². The molecule has 1 saturated heterocycles. The van der Waals surface area contributed by atoms with Crippen molar-refractivity contribution in [2.75, 3.05) is 20.2 Å². The average Bonchev–Trinajstić information content (AvgIpc) is 2.67. The molecule has 0 spiro atoms. The number of likely N-dealkylation sites (tertiary alicyclic amines) is 1. The van der Waals surface area contributed by atoms with Crippen molar-refractivity contribution in [3.63, 3.8) is 0 Å². The molecule has 0 saturated carbocycles. The van der Waals surface area contributed by atoms with E-state index < -0.39 is 18.0 Å². The average molecular weight is 396 g/mol. The number of rotatable bonds is 7. The van der Waals surface area contributed by atoms with Gasteiger partial charge in [-0.2, -0.15) is 0 Å². The maximum atomic E-state index is 11.0. The molecule has 1 aliphatic heterocycles. The van der Waals surface area contributed by atoms with Crippen molar-refractivity contribution in [1.29, 1.82) is 0 Å². The third-order valence-electron chi connectivity index (χ3n) is 4.45. The van der Waals surface area contributed by atoms with Crippen LogP contribution in [0, 0.1) is 0 Å². The van der Waals surface area contributed by atoms with Gasteiger partial charge in [-0.05, 0) is 18.9 Å². The van der Waals surface area contributed by atoms with Gasteiger partial charge in [-0.3, -0.25) is 9.59 Å². The van der Waals surface area contributed by atoms with E-state index in [1.165, 1.54) is 10.5 Å². The van der Waals surface area contributed by atoms with Gasteiger partial charge in [0.2, 0.25) is 0 Å². The molecule has 1 aromatic rings. The number of hydrogen-bond donors (Lipinski definition) is 4. The van der Waals surface area contributed by atoms with Crippen LogP contribution in [0.15, 0.2) is 30.3 Å². The predicted molar refractivity (Wildman–Crippen MR) is 101 cm³/mol. The highest BCUT2D eigenvalue weighted by Crippen LogP contribution is 2.19. The van der Waals surface area contributed by atoms with Crippen LogP contribution in [0.4, 0.5) is 4.79 Å². The summed E-state index contributed by atoms with van der Waals surface area (Å²) in [6.45, 7) is 3.09. The molecule has 9 nitrogen and oxygen atoms in total. The van der Waals surface area contributed by atoms with Crippen LogP contribution in [0.3, 0.4) is 0 Å². The minimum Gasteiger partial charge on any atom is -0.481 e. The molecule has 1 fully saturated rings. The van der Waals surface area contributed by atoms with Crippen LogP contribution >= 0.6 is 0 Å². The lowest BCUT2D eigenvalue weighted by molar-refractivity contribution is -0.143. The van der Waals surface area contributed by atoms with Gasteiger partial charge in [0.05, 0.1) is 25.5 Å². The molecule has 9 heteroatoms. The van der Waals surface area contributed by atoms with Crippen LogP contribution in [0.25, 0.3) is 0 Å². The van der Waals surface area contributed by atoms with Crippen molar-refractivity contribution in [3.05, 3.63) is 35.9 Å². The lowest BCUT2D eigenvalue weighted by atomic mass is 9.99. The van der Waals surface area contributed by atoms with Crippen LogP contribution in [-0.4, -0.2) is 70.6 Å². The number of nitrogens with zero attached hydrogens (tertiary/aromatic N) is 1. The summed E-state index contributed by atoms with van der Waals surface area (Å²) in [5, 5.41) is 28.4. The van der Waals surface area contributed by atoms with Crippen LogP contribution in [0.5, 0.6) is 0 Å². The van der Waals surface area contributed by atoms with Gasteiger partial charge in [0, 0.05) is 25.7 Å². The third kappa shape index (κ3) is 8.36. The molecule has 0 radical (unpaired) electrons. The van der Waals surface area contributed by atoms with Crippen LogP contribution in [0.2, 0.25) is 0 Å². The van der Waals surface area contributed by atoms with Crippen LogP contribution in [-0.2, 0) is 14.3 Å². The van der Waals surface area contributed by atoms with E-state index in [-0.39, 0.29) is 31.0 Å². The zero-order valence-corrected chi connectivity index (χ0v) is 16.1. The Balaban J connectivity index is 0.000000416. The Morgan fingerprint density at radius 1 is 1.14 bits per heavy atom. The molecular weight excluding hydrogens is 368 g/mol. The lowest BCUT2D eigenvalue weighted by Crippen LogP contribution is -2.54. The monoisotopic (exact) mass is 396 g/mol. The first-order valence-electron chi connectivity index (χ1n) is 8.99. The van der Waals surface area contributed by atoms with Crippen molar-refractivity contribution in [1.82, 2.24) is 10.2 Å². The summed E-state index contributed by atoms with van der Waals surface area (Å²) < 4.78 is 5.45. The van der Waals surface area contributed by atoms with Crippen LogP contribution < -0.4 is 5.32 Å². The SMILES string of the molecule is CO[C@H]1CN(C(=O)O)CC[C@H]1NC(C)c1ccccc1.O=C(O)CCC(=O)O. The Morgan fingerprint density at radius 3 is 2.18 bits per heavy atom. The highest BCUT2D eigenvalue weighted by atomic mass is 16.5. The first-order chi connectivity index (χ1) is 13.2. The van der Waals surface area contributed by atoms with E-state index in [0.29, 0.717) is 13.1 Å². The summed E-state index contributed by atoms with van der Waals surface area (Å²) in [6, 6.07) is 10.6. The molecule has 1 amide bonds. The molecule has 2 rings (SSSR count). The Labute approximate surface area is 163 Å². The van der Waals surface area contributed by atoms with Crippen molar-refractivity contribution in [2.24, 2.45) is 0 Å². The molecule has 0 bridgehead atoms. The number of aliphatic carboxylic acids is 2. The summed E-state index contributed by atoms with van der Waals surface area (Å²) in [4.78, 5) is 31.7. The number of carbonyl (C=O) groups is 3. The smallest absolute Gasteiger partial charge is 0.407 e. The zero-order valence-electron chi connectivity index (χ0n) is 16.1. The maximum absolute atomic E-state index is 11.0. The highest BCUT2D eigenvalue weighted by Gasteiger charge is 2.32. The molecule has 28 heavy (non-hydrogen) atoms. The number of methoxy groups -OCH3 is 1. The highest BCUT2D eigenvalue weighted by molar-refractivity contribution is 5.75. The quantitative estimate of drug-likeness (QED) is 0.550. The number of amides is 1. The van der Waals surface area contributed by atoms with Gasteiger partial charge in [0.25, 0.3) is 0 Å². The Morgan fingerprint density at radius 2 is 1.71 bits per heavy atom. The van der Waals surface area contributed by atoms with Crippen molar-refractivity contribution < 1.29 is 34.4 Å². The zero-order chi connectivity index (χ0) is 21.1. The van der Waals surface area contributed by atoms with Crippen LogP contribution in [0.1, 0.15) is 37.8 Å². The number of carboxylic acids is 2. The van der Waals surface area contributed by atoms with Gasteiger partial charge in [0.15, 0.2) is 0 Å². The summed E-state index contributed by atoms with van der Waals surface area (Å²) in [5.41, 5.74) is 1.23. The van der Waals surface area contributed by atoms with Gasteiger partial charge in [0.1, 0.15) is 0 Å². The number of piperidine rings is 1. The molecule has 0 aromatic heterocycles. The fourth-order valence-electron chi connectivity index (χ4n) is 2.89. The minimum absolute atomic E-state index is 0.106. The van der Waals surface area contributed by atoms with Crippen molar-refractivity contribution in [2.45, 2.75) is 44.4 Å². The fraction of sp³-hybridized carbons (Fsp3) is 0.526. The van der Waals surface area contributed by atoms with Gasteiger partial charge < -0.3 is 30.3 Å². The molecule has 3 atom stereocenters. The number of hydrogen-bond acceptors (Lipinski definition) is 5. The van der Waals surface area contributed by atoms with E-state index in [0.717, 1.165) is 6.42 Å². The third-order valence-corrected chi connectivity index (χ3v) is 4.45. The fourth-order valence-corrected chi connectivity index (χ4v) is 2.89.